The lowest BCUT2D eigenvalue weighted by Crippen LogP contribution is -2.00. The first-order chi connectivity index (χ1) is 8.31. The number of hydrogen-bond acceptors (Lipinski definition) is 2. The van der Waals surface area contributed by atoms with Gasteiger partial charge in [0, 0.05) is 13.2 Å². The van der Waals surface area contributed by atoms with E-state index in [1.54, 1.807) is 13.8 Å². The molecule has 0 saturated heterocycles. The Morgan fingerprint density at radius 3 is 1.39 bits per heavy atom. The van der Waals surface area contributed by atoms with Crippen LogP contribution in [0.3, 0.4) is 0 Å². The zero-order valence-electron chi connectivity index (χ0n) is 13.8. The van der Waals surface area contributed by atoms with Crippen LogP contribution in [0.25, 0.3) is 0 Å². The molecule has 0 saturated carbocycles. The Bertz CT molecular complexity index is 126. The van der Waals surface area contributed by atoms with Gasteiger partial charge in [0.2, 0.25) is 0 Å². The average molecular weight is 265 g/mol. The van der Waals surface area contributed by atoms with Crippen molar-refractivity contribution in [3.8, 4) is 0 Å². The van der Waals surface area contributed by atoms with Crippen molar-refractivity contribution in [1.82, 2.24) is 0 Å². The fourth-order valence-electron chi connectivity index (χ4n) is 0.480. The Balaban J connectivity index is -0.000000190. The largest absolute Gasteiger partial charge is 0.381 e. The summed E-state index contributed by atoms with van der Waals surface area (Å²) >= 11 is 0. The molecule has 0 rings (SSSR count). The molecule has 0 bridgehead atoms. The summed E-state index contributed by atoms with van der Waals surface area (Å²) in [5.74, 6) is 1.56. The maximum atomic E-state index is 11.0. The van der Waals surface area contributed by atoms with E-state index in [1.165, 1.54) is 6.42 Å². The predicted octanol–water partition coefficient (Wildman–Crippen LogP) is 5.07. The smallest absolute Gasteiger partial charge is 0.188 e. The topological polar surface area (TPSA) is 18.5 Å². The Labute approximate surface area is 114 Å². The van der Waals surface area contributed by atoms with Crippen molar-refractivity contribution in [2.75, 3.05) is 20.1 Å². The minimum Gasteiger partial charge on any atom is -0.381 e. The first-order valence-corrected chi connectivity index (χ1v) is 7.06. The van der Waals surface area contributed by atoms with Crippen LogP contribution in [-0.4, -0.2) is 26.2 Å². The van der Waals surface area contributed by atoms with Crippen LogP contribution in [0.2, 0.25) is 0 Å². The van der Waals surface area contributed by atoms with E-state index >= 15 is 0 Å². The van der Waals surface area contributed by atoms with Gasteiger partial charge in [-0.15, -0.1) is 0 Å². The molecule has 0 N–H and O–H groups in total. The molecule has 2 nitrogen and oxygen atoms in total. The van der Waals surface area contributed by atoms with Crippen molar-refractivity contribution in [2.24, 2.45) is 11.8 Å². The van der Waals surface area contributed by atoms with E-state index in [4.69, 9.17) is 4.74 Å². The van der Waals surface area contributed by atoms with Gasteiger partial charge in [-0.1, -0.05) is 41.0 Å². The van der Waals surface area contributed by atoms with Crippen LogP contribution in [0.4, 0.5) is 4.39 Å². The van der Waals surface area contributed by atoms with Crippen molar-refractivity contribution in [1.29, 1.82) is 0 Å². The van der Waals surface area contributed by atoms with E-state index in [-0.39, 0.29) is 6.10 Å². The van der Waals surface area contributed by atoms with Crippen molar-refractivity contribution in [3.63, 3.8) is 0 Å². The fraction of sp³-hybridized carbons (Fsp3) is 1.00. The van der Waals surface area contributed by atoms with Gasteiger partial charge in [-0.05, 0) is 32.6 Å². The number of hydrogen-bond donors (Lipinski definition) is 0. The lowest BCUT2D eigenvalue weighted by Gasteiger charge is -2.01. The van der Waals surface area contributed by atoms with E-state index < -0.39 is 6.86 Å². The molecule has 0 aliphatic heterocycles. The Morgan fingerprint density at radius 2 is 1.33 bits per heavy atom. The maximum Gasteiger partial charge on any atom is 0.188 e. The number of ether oxygens (including phenoxy) is 2. The molecule has 0 aliphatic rings. The monoisotopic (exact) mass is 265 g/mol. The van der Waals surface area contributed by atoms with Gasteiger partial charge in [0.1, 0.15) is 0 Å². The highest BCUT2D eigenvalue weighted by molar-refractivity contribution is 4.36. The molecule has 0 aromatic rings. The molecule has 0 fully saturated rings. The highest BCUT2D eigenvalue weighted by Gasteiger charge is 1.88. The van der Waals surface area contributed by atoms with Crippen LogP contribution in [0, 0.1) is 11.8 Å². The Hall–Kier alpha value is -0.150. The van der Waals surface area contributed by atoms with Crippen LogP contribution in [0.5, 0.6) is 0 Å². The van der Waals surface area contributed by atoms with Crippen molar-refractivity contribution >= 4 is 0 Å². The highest BCUT2D eigenvalue weighted by Crippen LogP contribution is 1.94. The Kier molecular flexibility index (Phi) is 24.5. The zero-order chi connectivity index (χ0) is 15.0. The molecule has 3 heteroatoms. The van der Waals surface area contributed by atoms with E-state index in [9.17, 15) is 4.39 Å². The van der Waals surface area contributed by atoms with Crippen LogP contribution in [0.1, 0.15) is 61.8 Å². The van der Waals surface area contributed by atoms with Crippen LogP contribution >= 0.6 is 0 Å². The SMILES string of the molecule is CC(C)OC[18F].CCC(C)C.CCOCC(C)C. The van der Waals surface area contributed by atoms with E-state index in [0.29, 0.717) is 5.92 Å². The van der Waals surface area contributed by atoms with Gasteiger partial charge in [-0.25, -0.2) is 4.39 Å². The van der Waals surface area contributed by atoms with Gasteiger partial charge in [0.15, 0.2) is 6.86 Å². The molecule has 0 aromatic heterocycles. The minimum atomic E-state index is -0.669. The van der Waals surface area contributed by atoms with Crippen LogP contribution in [0.15, 0.2) is 0 Å². The molecule has 0 heterocycles. The maximum absolute atomic E-state index is 11.0. The number of halogens is 1. The number of rotatable bonds is 6. The predicted molar refractivity (Wildman–Crippen MR) is 78.7 cm³/mol. The van der Waals surface area contributed by atoms with E-state index in [0.717, 1.165) is 19.1 Å². The van der Waals surface area contributed by atoms with Gasteiger partial charge in [-0.2, -0.15) is 0 Å². The lowest BCUT2D eigenvalue weighted by molar-refractivity contribution is 0.0152. The first kappa shape index (κ1) is 23.0. The minimum absolute atomic E-state index is 0.0231. The molecule has 0 amide bonds. The highest BCUT2D eigenvalue weighted by atomic mass is 18.2. The third kappa shape index (κ3) is 44.6. The second kappa shape index (κ2) is 19.2. The molecule has 0 aromatic carbocycles. The molecule has 0 aliphatic carbocycles. The molecule has 18 heavy (non-hydrogen) atoms. The standard InChI is InChI=1S/C6H14O.C5H12.C4H9FO/c1-4-7-5-6(2)3;1-4-5(2)3;1-4(2)6-3-5/h6H,4-5H2,1-3H3;5H,4H2,1-3H3;4H,3H2,1-2H3/i;;5-1. The van der Waals surface area contributed by atoms with Gasteiger partial charge in [0.05, 0.1) is 6.10 Å². The summed E-state index contributed by atoms with van der Waals surface area (Å²) in [6.07, 6.45) is 1.33. The van der Waals surface area contributed by atoms with Crippen LogP contribution < -0.4 is 0 Å². The third-order valence-electron chi connectivity index (χ3n) is 1.87. The first-order valence-electron chi connectivity index (χ1n) is 7.06. The summed E-state index contributed by atoms with van der Waals surface area (Å²) in [6.45, 7) is 17.6. The second-order valence-corrected chi connectivity index (χ2v) is 5.18. The van der Waals surface area contributed by atoms with Crippen molar-refractivity contribution in [2.45, 2.75) is 67.9 Å². The quantitative estimate of drug-likeness (QED) is 0.667. The summed E-state index contributed by atoms with van der Waals surface area (Å²) in [6, 6.07) is 0. The normalized spacial score (nSPS) is 10.0. The van der Waals surface area contributed by atoms with E-state index in [2.05, 4.69) is 39.4 Å². The molecule has 0 radical (unpaired) electrons. The van der Waals surface area contributed by atoms with Gasteiger partial charge >= 0.3 is 0 Å². The van der Waals surface area contributed by atoms with Gasteiger partial charge < -0.3 is 9.47 Å². The summed E-state index contributed by atoms with van der Waals surface area (Å²) in [5, 5.41) is 0. The summed E-state index contributed by atoms with van der Waals surface area (Å²) in [7, 11) is 0. The summed E-state index contributed by atoms with van der Waals surface area (Å²) in [4.78, 5) is 0. The summed E-state index contributed by atoms with van der Waals surface area (Å²) in [5.41, 5.74) is 0. The molecular formula is C15H35FO2. The molecule has 114 valence electrons. The number of alkyl halides is 1. The van der Waals surface area contributed by atoms with Crippen LogP contribution in [-0.2, 0) is 9.47 Å². The lowest BCUT2D eigenvalue weighted by atomic mass is 10.2. The average Bonchev–Trinajstić information content (AvgIpc) is 2.27. The zero-order valence-corrected chi connectivity index (χ0v) is 13.8. The fourth-order valence-corrected chi connectivity index (χ4v) is 0.480. The van der Waals surface area contributed by atoms with Gasteiger partial charge in [0.25, 0.3) is 0 Å². The van der Waals surface area contributed by atoms with E-state index in [1.807, 2.05) is 6.92 Å². The third-order valence-corrected chi connectivity index (χ3v) is 1.87. The second-order valence-electron chi connectivity index (χ2n) is 5.18. The van der Waals surface area contributed by atoms with Crippen molar-refractivity contribution < 1.29 is 13.9 Å². The molecule has 0 atom stereocenters. The van der Waals surface area contributed by atoms with Crippen molar-refractivity contribution in [3.05, 3.63) is 0 Å². The van der Waals surface area contributed by atoms with Gasteiger partial charge in [-0.3, -0.25) is 0 Å². The molecule has 0 spiro atoms. The Morgan fingerprint density at radius 1 is 0.889 bits per heavy atom. The summed E-state index contributed by atoms with van der Waals surface area (Å²) < 4.78 is 20.5. The molecular weight excluding hydrogens is 230 g/mol. The molecule has 0 unspecified atom stereocenters.